The Kier molecular flexibility index (Phi) is 6.70. The first kappa shape index (κ1) is 20.3. The normalized spacial score (nSPS) is 36.5. The van der Waals surface area contributed by atoms with Gasteiger partial charge in [0.25, 0.3) is 0 Å². The van der Waals surface area contributed by atoms with Gasteiger partial charge in [0.2, 0.25) is 0 Å². The van der Waals surface area contributed by atoms with Crippen LogP contribution in [-0.2, 0) is 4.74 Å². The van der Waals surface area contributed by atoms with Gasteiger partial charge in [-0.3, -0.25) is 0 Å². The number of hydrogen-bond acceptors (Lipinski definition) is 1. The summed E-state index contributed by atoms with van der Waals surface area (Å²) in [6.45, 7) is 2.25. The first-order chi connectivity index (χ1) is 13.6. The number of benzene rings is 1. The molecule has 3 heteroatoms. The summed E-state index contributed by atoms with van der Waals surface area (Å²) in [5.74, 6) is 1.46. The van der Waals surface area contributed by atoms with Gasteiger partial charge in [0.05, 0.1) is 12.2 Å². The lowest BCUT2D eigenvalue weighted by atomic mass is 9.67. The molecule has 0 radical (unpaired) electrons. The fourth-order valence-electron chi connectivity index (χ4n) is 6.29. The van der Waals surface area contributed by atoms with Crippen LogP contribution in [0.25, 0.3) is 0 Å². The zero-order chi connectivity index (χ0) is 19.5. The van der Waals surface area contributed by atoms with Crippen LogP contribution in [0.5, 0.6) is 0 Å². The predicted octanol–water partition coefficient (Wildman–Crippen LogP) is 7.39. The molecule has 3 aliphatic rings. The second-order valence-corrected chi connectivity index (χ2v) is 9.62. The molecule has 0 spiro atoms. The molecule has 4 rings (SSSR count). The molecule has 0 aromatic heterocycles. The summed E-state index contributed by atoms with van der Waals surface area (Å²) in [5, 5.41) is 0. The van der Waals surface area contributed by atoms with Gasteiger partial charge in [-0.1, -0.05) is 19.4 Å². The molecule has 1 heterocycles. The van der Waals surface area contributed by atoms with Crippen molar-refractivity contribution in [3.8, 4) is 0 Å². The van der Waals surface area contributed by atoms with E-state index >= 15 is 0 Å². The summed E-state index contributed by atoms with van der Waals surface area (Å²) in [5.41, 5.74) is 0.987. The van der Waals surface area contributed by atoms with Crippen molar-refractivity contribution in [3.05, 3.63) is 35.4 Å². The molecule has 1 saturated heterocycles. The van der Waals surface area contributed by atoms with E-state index in [1.165, 1.54) is 76.3 Å². The van der Waals surface area contributed by atoms with Crippen molar-refractivity contribution in [3.63, 3.8) is 0 Å². The molecule has 2 atom stereocenters. The van der Waals surface area contributed by atoms with Crippen LogP contribution >= 0.6 is 0 Å². The van der Waals surface area contributed by atoms with E-state index < -0.39 is 11.6 Å². The van der Waals surface area contributed by atoms with Gasteiger partial charge < -0.3 is 4.74 Å². The minimum atomic E-state index is -0.735. The van der Waals surface area contributed by atoms with Crippen molar-refractivity contribution in [1.29, 1.82) is 0 Å². The van der Waals surface area contributed by atoms with E-state index in [2.05, 4.69) is 6.92 Å². The molecule has 2 saturated carbocycles. The lowest BCUT2D eigenvalue weighted by Crippen LogP contribution is -2.30. The molecule has 28 heavy (non-hydrogen) atoms. The summed E-state index contributed by atoms with van der Waals surface area (Å²) in [7, 11) is 0. The maximum atomic E-state index is 13.5. The quantitative estimate of drug-likeness (QED) is 0.509. The molecule has 1 aromatic rings. The standard InChI is InChI=1S/C25H36F2O/c1-2-3-22-13-15-25(28-22)20-10-8-18(9-11-20)17-4-6-19(7-5-17)21-12-14-23(26)24(27)16-21/h12,14,16-20,22,25H,2-11,13,15H2,1H3. The topological polar surface area (TPSA) is 9.23 Å². The molecule has 1 aliphatic heterocycles. The van der Waals surface area contributed by atoms with Crippen LogP contribution in [0, 0.1) is 29.4 Å². The first-order valence-corrected chi connectivity index (χ1v) is 11.7. The van der Waals surface area contributed by atoms with Gasteiger partial charge in [0.1, 0.15) is 0 Å². The van der Waals surface area contributed by atoms with Gasteiger partial charge in [-0.25, -0.2) is 8.78 Å². The zero-order valence-electron chi connectivity index (χ0n) is 17.3. The van der Waals surface area contributed by atoms with E-state index in [-0.39, 0.29) is 0 Å². The van der Waals surface area contributed by atoms with Crippen LogP contribution in [0.2, 0.25) is 0 Å². The fourth-order valence-corrected chi connectivity index (χ4v) is 6.29. The van der Waals surface area contributed by atoms with Crippen LogP contribution < -0.4 is 0 Å². The van der Waals surface area contributed by atoms with E-state index in [1.54, 1.807) is 6.07 Å². The second-order valence-electron chi connectivity index (χ2n) is 9.62. The number of rotatable bonds is 5. The number of hydrogen-bond donors (Lipinski definition) is 0. The molecule has 156 valence electrons. The molecule has 2 unspecified atom stereocenters. The summed E-state index contributed by atoms with van der Waals surface area (Å²) >= 11 is 0. The molecule has 3 fully saturated rings. The van der Waals surface area contributed by atoms with Gasteiger partial charge in [0.15, 0.2) is 11.6 Å². The van der Waals surface area contributed by atoms with Crippen molar-refractivity contribution >= 4 is 0 Å². The largest absolute Gasteiger partial charge is 0.375 e. The van der Waals surface area contributed by atoms with E-state index in [0.29, 0.717) is 18.1 Å². The summed E-state index contributed by atoms with van der Waals surface area (Å²) in [6.07, 6.45) is 16.2. The number of ether oxygens (including phenoxy) is 1. The van der Waals surface area contributed by atoms with Gasteiger partial charge in [-0.05, 0) is 112 Å². The smallest absolute Gasteiger partial charge is 0.159 e. The predicted molar refractivity (Wildman–Crippen MR) is 109 cm³/mol. The molecule has 2 aliphatic carbocycles. The van der Waals surface area contributed by atoms with Crippen molar-refractivity contribution < 1.29 is 13.5 Å². The molecule has 1 nitrogen and oxygen atoms in total. The van der Waals surface area contributed by atoms with Crippen LogP contribution in [0.15, 0.2) is 18.2 Å². The Labute approximate surface area is 169 Å². The Morgan fingerprint density at radius 3 is 2.07 bits per heavy atom. The lowest BCUT2D eigenvalue weighted by molar-refractivity contribution is -0.0110. The Morgan fingerprint density at radius 1 is 0.786 bits per heavy atom. The van der Waals surface area contributed by atoms with Gasteiger partial charge >= 0.3 is 0 Å². The van der Waals surface area contributed by atoms with Gasteiger partial charge in [0, 0.05) is 0 Å². The molecule has 0 N–H and O–H groups in total. The highest BCUT2D eigenvalue weighted by atomic mass is 19.2. The first-order valence-electron chi connectivity index (χ1n) is 11.7. The molecule has 0 bridgehead atoms. The van der Waals surface area contributed by atoms with Crippen LogP contribution in [-0.4, -0.2) is 12.2 Å². The highest BCUT2D eigenvalue weighted by Crippen LogP contribution is 2.45. The monoisotopic (exact) mass is 390 g/mol. The zero-order valence-corrected chi connectivity index (χ0v) is 17.3. The van der Waals surface area contributed by atoms with Crippen molar-refractivity contribution in [1.82, 2.24) is 0 Å². The fraction of sp³-hybridized carbons (Fsp3) is 0.760. The molecular weight excluding hydrogens is 354 g/mol. The summed E-state index contributed by atoms with van der Waals surface area (Å²) in [6, 6.07) is 4.48. The van der Waals surface area contributed by atoms with E-state index in [4.69, 9.17) is 4.74 Å². The van der Waals surface area contributed by atoms with Crippen molar-refractivity contribution in [2.45, 2.75) is 102 Å². The average molecular weight is 391 g/mol. The van der Waals surface area contributed by atoms with Crippen molar-refractivity contribution in [2.24, 2.45) is 17.8 Å². The third kappa shape index (κ3) is 4.61. The second kappa shape index (κ2) is 9.24. The molecule has 0 amide bonds. The Morgan fingerprint density at radius 2 is 1.43 bits per heavy atom. The van der Waals surface area contributed by atoms with E-state index in [0.717, 1.165) is 36.2 Å². The molecular formula is C25H36F2O. The summed E-state index contributed by atoms with van der Waals surface area (Å²) in [4.78, 5) is 0. The Balaban J connectivity index is 1.22. The minimum Gasteiger partial charge on any atom is -0.375 e. The maximum Gasteiger partial charge on any atom is 0.159 e. The van der Waals surface area contributed by atoms with Crippen molar-refractivity contribution in [2.75, 3.05) is 0 Å². The van der Waals surface area contributed by atoms with Crippen LogP contribution in [0.1, 0.15) is 95.5 Å². The third-order valence-corrected chi connectivity index (χ3v) is 7.95. The summed E-state index contributed by atoms with van der Waals surface area (Å²) < 4.78 is 33.1. The average Bonchev–Trinajstić information content (AvgIpc) is 3.19. The SMILES string of the molecule is CCCC1CCC(C2CCC(C3CCC(c4ccc(F)c(F)c4)CC3)CC2)O1. The van der Waals surface area contributed by atoms with Crippen LogP contribution in [0.4, 0.5) is 8.78 Å². The Bertz CT molecular complexity index is 629. The Hall–Kier alpha value is -0.960. The molecule has 1 aromatic carbocycles. The lowest BCUT2D eigenvalue weighted by Gasteiger charge is -2.39. The van der Waals surface area contributed by atoms with E-state index in [9.17, 15) is 8.78 Å². The highest BCUT2D eigenvalue weighted by molar-refractivity contribution is 5.22. The highest BCUT2D eigenvalue weighted by Gasteiger charge is 2.36. The van der Waals surface area contributed by atoms with Gasteiger partial charge in [-0.15, -0.1) is 0 Å². The minimum absolute atomic E-state index is 0.407. The maximum absolute atomic E-state index is 13.5. The number of halogens is 2. The van der Waals surface area contributed by atoms with Crippen LogP contribution in [0.3, 0.4) is 0 Å². The van der Waals surface area contributed by atoms with Gasteiger partial charge in [-0.2, -0.15) is 0 Å². The third-order valence-electron chi connectivity index (χ3n) is 7.95. The van der Waals surface area contributed by atoms with E-state index in [1.807, 2.05) is 0 Å².